The highest BCUT2D eigenvalue weighted by molar-refractivity contribution is 5.97. The van der Waals surface area contributed by atoms with Crippen LogP contribution in [0.5, 0.6) is 0 Å². The van der Waals surface area contributed by atoms with Crippen molar-refractivity contribution in [3.8, 4) is 0 Å². The lowest BCUT2D eigenvalue weighted by molar-refractivity contribution is 0.0727. The van der Waals surface area contributed by atoms with Crippen LogP contribution >= 0.6 is 0 Å². The van der Waals surface area contributed by atoms with Gasteiger partial charge < -0.3 is 10.6 Å². The average molecular weight is 252 g/mol. The summed E-state index contributed by atoms with van der Waals surface area (Å²) in [4.78, 5) is 14.3. The van der Waals surface area contributed by atoms with Gasteiger partial charge >= 0.3 is 0 Å². The van der Waals surface area contributed by atoms with Gasteiger partial charge in [-0.05, 0) is 35.7 Å². The lowest BCUT2D eigenvalue weighted by atomic mass is 9.98. The van der Waals surface area contributed by atoms with Crippen LogP contribution in [0.4, 0.5) is 5.69 Å². The Morgan fingerprint density at radius 3 is 2.68 bits per heavy atom. The van der Waals surface area contributed by atoms with Gasteiger partial charge in [-0.25, -0.2) is 0 Å². The lowest BCUT2D eigenvalue weighted by Gasteiger charge is -2.28. The molecule has 0 aliphatic carbocycles. The number of hydrogen-bond acceptors (Lipinski definition) is 2. The summed E-state index contributed by atoms with van der Waals surface area (Å²) in [5.74, 6) is 0.102. The maximum atomic E-state index is 12.4. The molecule has 0 spiro atoms. The van der Waals surface area contributed by atoms with E-state index in [-0.39, 0.29) is 5.91 Å². The number of rotatable bonds is 2. The summed E-state index contributed by atoms with van der Waals surface area (Å²) in [6.07, 6.45) is 0.874. The second kappa shape index (κ2) is 4.76. The maximum Gasteiger partial charge on any atom is 0.254 e. The first-order chi connectivity index (χ1) is 9.24. The predicted octanol–water partition coefficient (Wildman–Crippen LogP) is 2.47. The summed E-state index contributed by atoms with van der Waals surface area (Å²) in [6.45, 7) is 1.42. The van der Waals surface area contributed by atoms with Crippen molar-refractivity contribution in [2.75, 3.05) is 12.3 Å². The van der Waals surface area contributed by atoms with Gasteiger partial charge in [0, 0.05) is 24.3 Å². The molecule has 0 aromatic heterocycles. The maximum absolute atomic E-state index is 12.4. The molecule has 1 aliphatic heterocycles. The normalized spacial score (nSPS) is 14.3. The molecule has 0 radical (unpaired) electrons. The number of anilines is 1. The molecule has 3 rings (SSSR count). The zero-order valence-corrected chi connectivity index (χ0v) is 10.7. The minimum Gasteiger partial charge on any atom is -0.399 e. The summed E-state index contributed by atoms with van der Waals surface area (Å²) in [7, 11) is 0. The van der Waals surface area contributed by atoms with Crippen molar-refractivity contribution in [1.29, 1.82) is 0 Å². The molecule has 0 saturated carbocycles. The van der Waals surface area contributed by atoms with E-state index in [2.05, 4.69) is 0 Å². The van der Waals surface area contributed by atoms with Crippen molar-refractivity contribution in [3.05, 3.63) is 65.2 Å². The minimum absolute atomic E-state index is 0.102. The molecular formula is C16H16N2O. The molecule has 19 heavy (non-hydrogen) atoms. The predicted molar refractivity (Wildman–Crippen MR) is 75.7 cm³/mol. The number of carbonyl (C=O) groups excluding carboxylic acids is 1. The van der Waals surface area contributed by atoms with Gasteiger partial charge in [0.25, 0.3) is 5.91 Å². The van der Waals surface area contributed by atoms with Crippen LogP contribution in [-0.4, -0.2) is 17.4 Å². The van der Waals surface area contributed by atoms with Crippen LogP contribution in [0.25, 0.3) is 0 Å². The summed E-state index contributed by atoms with van der Waals surface area (Å²) < 4.78 is 0. The van der Waals surface area contributed by atoms with E-state index in [4.69, 9.17) is 5.73 Å². The number of benzene rings is 2. The molecule has 0 saturated heterocycles. The van der Waals surface area contributed by atoms with E-state index in [1.54, 1.807) is 6.07 Å². The molecule has 0 bridgehead atoms. The standard InChI is InChI=1S/C16H16N2O/c17-14-6-7-15-13(10-14)8-9-18(16(15)19)11-12-4-2-1-3-5-12/h1-7,10H,8-9,11,17H2. The lowest BCUT2D eigenvalue weighted by Crippen LogP contribution is -2.37. The van der Waals surface area contributed by atoms with Crippen LogP contribution in [0.15, 0.2) is 48.5 Å². The number of amides is 1. The average Bonchev–Trinajstić information content (AvgIpc) is 2.43. The molecule has 2 aromatic rings. The van der Waals surface area contributed by atoms with Crippen LogP contribution in [0.3, 0.4) is 0 Å². The Bertz CT molecular complexity index is 607. The Morgan fingerprint density at radius 2 is 1.89 bits per heavy atom. The van der Waals surface area contributed by atoms with Crippen LogP contribution in [0.1, 0.15) is 21.5 Å². The third-order valence-electron chi connectivity index (χ3n) is 3.51. The fourth-order valence-electron chi connectivity index (χ4n) is 2.51. The topological polar surface area (TPSA) is 46.3 Å². The molecule has 3 nitrogen and oxygen atoms in total. The van der Waals surface area contributed by atoms with Crippen molar-refractivity contribution in [2.24, 2.45) is 0 Å². The molecular weight excluding hydrogens is 236 g/mol. The van der Waals surface area contributed by atoms with Crippen molar-refractivity contribution >= 4 is 11.6 Å². The molecule has 96 valence electrons. The van der Waals surface area contributed by atoms with E-state index >= 15 is 0 Å². The Balaban J connectivity index is 1.84. The van der Waals surface area contributed by atoms with E-state index in [1.165, 1.54) is 0 Å². The molecule has 1 aliphatic rings. The number of carbonyl (C=O) groups is 1. The van der Waals surface area contributed by atoms with Gasteiger partial charge in [0.15, 0.2) is 0 Å². The Kier molecular flexibility index (Phi) is 2.95. The first-order valence-corrected chi connectivity index (χ1v) is 6.45. The SMILES string of the molecule is Nc1ccc2c(c1)CCN(Cc1ccccc1)C2=O. The monoisotopic (exact) mass is 252 g/mol. The molecule has 0 atom stereocenters. The second-order valence-electron chi connectivity index (χ2n) is 4.88. The molecule has 0 unspecified atom stereocenters. The highest BCUT2D eigenvalue weighted by Gasteiger charge is 2.24. The number of nitrogen functional groups attached to an aromatic ring is 1. The fourth-order valence-corrected chi connectivity index (χ4v) is 2.51. The largest absolute Gasteiger partial charge is 0.399 e. The Hall–Kier alpha value is -2.29. The number of hydrogen-bond donors (Lipinski definition) is 1. The first-order valence-electron chi connectivity index (χ1n) is 6.45. The van der Waals surface area contributed by atoms with Gasteiger partial charge in [0.05, 0.1) is 0 Å². The quantitative estimate of drug-likeness (QED) is 0.835. The summed E-state index contributed by atoms with van der Waals surface area (Å²) in [5, 5.41) is 0. The van der Waals surface area contributed by atoms with Crippen molar-refractivity contribution in [3.63, 3.8) is 0 Å². The Morgan fingerprint density at radius 1 is 1.11 bits per heavy atom. The molecule has 0 fully saturated rings. The minimum atomic E-state index is 0.102. The van der Waals surface area contributed by atoms with Gasteiger partial charge in [0.2, 0.25) is 0 Å². The van der Waals surface area contributed by atoms with E-state index < -0.39 is 0 Å². The van der Waals surface area contributed by atoms with Crippen LogP contribution < -0.4 is 5.73 Å². The van der Waals surface area contributed by atoms with E-state index in [0.29, 0.717) is 6.54 Å². The van der Waals surface area contributed by atoms with Gasteiger partial charge in [0.1, 0.15) is 0 Å². The van der Waals surface area contributed by atoms with E-state index in [1.807, 2.05) is 47.4 Å². The zero-order chi connectivity index (χ0) is 13.2. The van der Waals surface area contributed by atoms with E-state index in [9.17, 15) is 4.79 Å². The summed E-state index contributed by atoms with van der Waals surface area (Å²) in [5.41, 5.74) is 9.50. The van der Waals surface area contributed by atoms with E-state index in [0.717, 1.165) is 35.3 Å². The number of nitrogens with two attached hydrogens (primary N) is 1. The summed E-state index contributed by atoms with van der Waals surface area (Å²) in [6, 6.07) is 15.6. The number of fused-ring (bicyclic) bond motifs is 1. The highest BCUT2D eigenvalue weighted by Crippen LogP contribution is 2.22. The molecule has 1 amide bonds. The second-order valence-corrected chi connectivity index (χ2v) is 4.88. The molecule has 1 heterocycles. The van der Waals surface area contributed by atoms with Gasteiger partial charge in [-0.15, -0.1) is 0 Å². The van der Waals surface area contributed by atoms with Crippen molar-refractivity contribution in [1.82, 2.24) is 4.90 Å². The van der Waals surface area contributed by atoms with Gasteiger partial charge in [-0.2, -0.15) is 0 Å². The number of nitrogens with zero attached hydrogens (tertiary/aromatic N) is 1. The summed E-state index contributed by atoms with van der Waals surface area (Å²) >= 11 is 0. The van der Waals surface area contributed by atoms with Crippen LogP contribution in [0, 0.1) is 0 Å². The van der Waals surface area contributed by atoms with Crippen molar-refractivity contribution in [2.45, 2.75) is 13.0 Å². The molecule has 2 N–H and O–H groups in total. The first kappa shape index (κ1) is 11.8. The van der Waals surface area contributed by atoms with Gasteiger partial charge in [-0.3, -0.25) is 4.79 Å². The third-order valence-corrected chi connectivity index (χ3v) is 3.51. The zero-order valence-electron chi connectivity index (χ0n) is 10.7. The molecule has 3 heteroatoms. The molecule has 2 aromatic carbocycles. The highest BCUT2D eigenvalue weighted by atomic mass is 16.2. The third kappa shape index (κ3) is 2.32. The van der Waals surface area contributed by atoms with Gasteiger partial charge in [-0.1, -0.05) is 30.3 Å². The van der Waals surface area contributed by atoms with Crippen LogP contribution in [-0.2, 0) is 13.0 Å². The van der Waals surface area contributed by atoms with Crippen molar-refractivity contribution < 1.29 is 4.79 Å². The van der Waals surface area contributed by atoms with Crippen LogP contribution in [0.2, 0.25) is 0 Å². The Labute approximate surface area is 112 Å². The smallest absolute Gasteiger partial charge is 0.254 e. The fraction of sp³-hybridized carbons (Fsp3) is 0.188.